The minimum atomic E-state index is -0.172. The summed E-state index contributed by atoms with van der Waals surface area (Å²) in [5.41, 5.74) is 2.07. The molecule has 18 heavy (non-hydrogen) atoms. The number of hydrogen-bond donors (Lipinski definition) is 2. The van der Waals surface area contributed by atoms with Crippen molar-refractivity contribution in [2.45, 2.75) is 6.92 Å². The van der Waals surface area contributed by atoms with Crippen molar-refractivity contribution in [2.24, 2.45) is 0 Å². The van der Waals surface area contributed by atoms with Crippen molar-refractivity contribution in [2.75, 3.05) is 5.32 Å². The summed E-state index contributed by atoms with van der Waals surface area (Å²) in [5, 5.41) is 12.1. The van der Waals surface area contributed by atoms with E-state index in [-0.39, 0.29) is 11.7 Å². The Kier molecular flexibility index (Phi) is 3.86. The van der Waals surface area contributed by atoms with Gasteiger partial charge in [0, 0.05) is 14.8 Å². The molecule has 0 heterocycles. The second-order valence-corrected chi connectivity index (χ2v) is 5.21. The fraction of sp³-hybridized carbons (Fsp3) is 0.0714. The van der Waals surface area contributed by atoms with E-state index in [1.807, 2.05) is 24.3 Å². The van der Waals surface area contributed by atoms with Crippen LogP contribution in [0.4, 0.5) is 5.69 Å². The molecule has 0 aliphatic rings. The molecule has 0 spiro atoms. The Morgan fingerprint density at radius 1 is 1.17 bits per heavy atom. The number of carbonyl (C=O) groups is 1. The Morgan fingerprint density at radius 3 is 2.44 bits per heavy atom. The van der Waals surface area contributed by atoms with Crippen LogP contribution in [0, 0.1) is 10.5 Å². The third-order valence-corrected chi connectivity index (χ3v) is 3.28. The van der Waals surface area contributed by atoms with Gasteiger partial charge in [0.1, 0.15) is 5.75 Å². The molecule has 2 N–H and O–H groups in total. The van der Waals surface area contributed by atoms with Gasteiger partial charge in [-0.05, 0) is 77.5 Å². The van der Waals surface area contributed by atoms with Gasteiger partial charge in [-0.3, -0.25) is 4.79 Å². The molecule has 0 aliphatic heterocycles. The van der Waals surface area contributed by atoms with Crippen LogP contribution in [-0.2, 0) is 0 Å². The van der Waals surface area contributed by atoms with E-state index < -0.39 is 0 Å². The Bertz CT molecular complexity index is 579. The highest BCUT2D eigenvalue weighted by Gasteiger charge is 2.09. The topological polar surface area (TPSA) is 49.3 Å². The standard InChI is InChI=1S/C14H12INO2/c1-9-8-12(17)6-7-13(9)14(18)16-11-4-2-10(15)3-5-11/h2-8,17H,1H3,(H,16,18). The lowest BCUT2D eigenvalue weighted by Crippen LogP contribution is -2.13. The molecule has 0 saturated heterocycles. The lowest BCUT2D eigenvalue weighted by Gasteiger charge is -2.08. The number of carbonyl (C=O) groups excluding carboxylic acids is 1. The van der Waals surface area contributed by atoms with Gasteiger partial charge in [0.2, 0.25) is 0 Å². The Balaban J connectivity index is 2.19. The molecule has 0 fully saturated rings. The summed E-state index contributed by atoms with van der Waals surface area (Å²) in [4.78, 5) is 12.0. The maximum Gasteiger partial charge on any atom is 0.255 e. The normalized spacial score (nSPS) is 10.1. The number of halogens is 1. The highest BCUT2D eigenvalue weighted by Crippen LogP contribution is 2.18. The van der Waals surface area contributed by atoms with Crippen LogP contribution in [0.5, 0.6) is 5.75 Å². The summed E-state index contributed by atoms with van der Waals surface area (Å²) in [6.45, 7) is 1.79. The quantitative estimate of drug-likeness (QED) is 0.812. The van der Waals surface area contributed by atoms with Crippen molar-refractivity contribution in [3.8, 4) is 5.75 Å². The molecule has 92 valence electrons. The molecule has 1 amide bonds. The van der Waals surface area contributed by atoms with Crippen LogP contribution in [0.1, 0.15) is 15.9 Å². The number of aryl methyl sites for hydroxylation is 1. The van der Waals surface area contributed by atoms with E-state index in [9.17, 15) is 9.90 Å². The number of rotatable bonds is 2. The molecule has 0 saturated carbocycles. The van der Waals surface area contributed by atoms with Gasteiger partial charge < -0.3 is 10.4 Å². The number of amides is 1. The molecule has 0 bridgehead atoms. The van der Waals surface area contributed by atoms with Crippen LogP contribution in [0.15, 0.2) is 42.5 Å². The largest absolute Gasteiger partial charge is 0.508 e. The zero-order chi connectivity index (χ0) is 13.1. The van der Waals surface area contributed by atoms with Crippen LogP contribution in [-0.4, -0.2) is 11.0 Å². The SMILES string of the molecule is Cc1cc(O)ccc1C(=O)Nc1ccc(I)cc1. The summed E-state index contributed by atoms with van der Waals surface area (Å²) in [7, 11) is 0. The minimum Gasteiger partial charge on any atom is -0.508 e. The third-order valence-electron chi connectivity index (χ3n) is 2.56. The summed E-state index contributed by atoms with van der Waals surface area (Å²) in [6.07, 6.45) is 0. The van der Waals surface area contributed by atoms with E-state index in [0.29, 0.717) is 5.56 Å². The highest BCUT2D eigenvalue weighted by molar-refractivity contribution is 14.1. The number of benzene rings is 2. The monoisotopic (exact) mass is 353 g/mol. The van der Waals surface area contributed by atoms with E-state index >= 15 is 0 Å². The van der Waals surface area contributed by atoms with Crippen LogP contribution >= 0.6 is 22.6 Å². The van der Waals surface area contributed by atoms with Crippen molar-refractivity contribution in [3.63, 3.8) is 0 Å². The first kappa shape index (κ1) is 12.9. The smallest absolute Gasteiger partial charge is 0.255 e. The van der Waals surface area contributed by atoms with Crippen LogP contribution in [0.25, 0.3) is 0 Å². The first-order chi connectivity index (χ1) is 8.56. The average Bonchev–Trinajstić information content (AvgIpc) is 2.32. The summed E-state index contributed by atoms with van der Waals surface area (Å²) in [6, 6.07) is 12.3. The summed E-state index contributed by atoms with van der Waals surface area (Å²) >= 11 is 2.21. The lowest BCUT2D eigenvalue weighted by molar-refractivity contribution is 0.102. The number of phenolic OH excluding ortho intramolecular Hbond substituents is 1. The van der Waals surface area contributed by atoms with Crippen LogP contribution in [0.3, 0.4) is 0 Å². The van der Waals surface area contributed by atoms with Crippen molar-refractivity contribution in [1.29, 1.82) is 0 Å². The van der Waals surface area contributed by atoms with Gasteiger partial charge in [0.25, 0.3) is 5.91 Å². The number of nitrogens with one attached hydrogen (secondary N) is 1. The molecule has 2 aromatic rings. The number of phenols is 1. The van der Waals surface area contributed by atoms with Gasteiger partial charge in [-0.1, -0.05) is 0 Å². The van der Waals surface area contributed by atoms with E-state index in [0.717, 1.165) is 14.8 Å². The van der Waals surface area contributed by atoms with Gasteiger partial charge in [-0.15, -0.1) is 0 Å². The zero-order valence-electron chi connectivity index (χ0n) is 9.77. The van der Waals surface area contributed by atoms with Crippen molar-refractivity contribution < 1.29 is 9.90 Å². The summed E-state index contributed by atoms with van der Waals surface area (Å²) < 4.78 is 1.12. The predicted molar refractivity (Wildman–Crippen MR) is 80.0 cm³/mol. The molecule has 0 radical (unpaired) electrons. The molecule has 0 atom stereocenters. The Hall–Kier alpha value is -1.56. The fourth-order valence-corrected chi connectivity index (χ4v) is 1.99. The van der Waals surface area contributed by atoms with Gasteiger partial charge in [-0.2, -0.15) is 0 Å². The Labute approximate surface area is 119 Å². The number of aromatic hydroxyl groups is 1. The molecule has 4 heteroatoms. The van der Waals surface area contributed by atoms with Crippen molar-refractivity contribution in [1.82, 2.24) is 0 Å². The second-order valence-electron chi connectivity index (χ2n) is 3.96. The van der Waals surface area contributed by atoms with Gasteiger partial charge in [0.05, 0.1) is 0 Å². The molecule has 0 aliphatic carbocycles. The zero-order valence-corrected chi connectivity index (χ0v) is 11.9. The molecule has 3 nitrogen and oxygen atoms in total. The van der Waals surface area contributed by atoms with E-state index in [1.165, 1.54) is 6.07 Å². The molecule has 0 aromatic heterocycles. The summed E-state index contributed by atoms with van der Waals surface area (Å²) in [5.74, 6) is -0.00739. The first-order valence-electron chi connectivity index (χ1n) is 5.43. The third kappa shape index (κ3) is 3.01. The van der Waals surface area contributed by atoms with Crippen LogP contribution in [0.2, 0.25) is 0 Å². The van der Waals surface area contributed by atoms with Crippen molar-refractivity contribution >= 4 is 34.2 Å². The number of hydrogen-bond acceptors (Lipinski definition) is 2. The molecular weight excluding hydrogens is 341 g/mol. The fourth-order valence-electron chi connectivity index (χ4n) is 1.63. The van der Waals surface area contributed by atoms with E-state index in [4.69, 9.17) is 0 Å². The first-order valence-corrected chi connectivity index (χ1v) is 6.50. The van der Waals surface area contributed by atoms with Gasteiger partial charge >= 0.3 is 0 Å². The molecule has 2 rings (SSSR count). The van der Waals surface area contributed by atoms with E-state index in [2.05, 4.69) is 27.9 Å². The second kappa shape index (κ2) is 5.39. The maximum absolute atomic E-state index is 12.0. The van der Waals surface area contributed by atoms with Gasteiger partial charge in [0.15, 0.2) is 0 Å². The molecule has 2 aromatic carbocycles. The van der Waals surface area contributed by atoms with E-state index in [1.54, 1.807) is 19.1 Å². The maximum atomic E-state index is 12.0. The molecule has 0 unspecified atom stereocenters. The minimum absolute atomic E-state index is 0.165. The predicted octanol–water partition coefficient (Wildman–Crippen LogP) is 3.56. The lowest BCUT2D eigenvalue weighted by atomic mass is 10.1. The van der Waals surface area contributed by atoms with Gasteiger partial charge in [-0.25, -0.2) is 0 Å². The molecular formula is C14H12INO2. The Morgan fingerprint density at radius 2 is 1.83 bits per heavy atom. The van der Waals surface area contributed by atoms with Crippen LogP contribution < -0.4 is 5.32 Å². The highest BCUT2D eigenvalue weighted by atomic mass is 127. The van der Waals surface area contributed by atoms with Crippen molar-refractivity contribution in [3.05, 3.63) is 57.2 Å². The number of anilines is 1. The average molecular weight is 353 g/mol.